The lowest BCUT2D eigenvalue weighted by atomic mass is 9.78. The molecule has 196 valence electrons. The Kier molecular flexibility index (Phi) is 6.84. The molecule has 1 aliphatic heterocycles. The van der Waals surface area contributed by atoms with Crippen LogP contribution in [0.2, 0.25) is 5.02 Å². The molecule has 0 radical (unpaired) electrons. The summed E-state index contributed by atoms with van der Waals surface area (Å²) in [5.41, 5.74) is 2.62. The van der Waals surface area contributed by atoms with Crippen LogP contribution in [0.25, 0.3) is 0 Å². The Bertz CT molecular complexity index is 1430. The Balaban J connectivity index is 1.87. The molecular weight excluding hydrogens is 508 g/mol. The van der Waals surface area contributed by atoms with Crippen molar-refractivity contribution < 1.29 is 18.3 Å². The van der Waals surface area contributed by atoms with E-state index in [2.05, 4.69) is 0 Å². The number of anilines is 1. The lowest BCUT2D eigenvalue weighted by molar-refractivity contribution is 0.0851. The van der Waals surface area contributed by atoms with E-state index in [0.29, 0.717) is 21.8 Å². The van der Waals surface area contributed by atoms with Gasteiger partial charge >= 0.3 is 10.2 Å². The first kappa shape index (κ1) is 27.0. The summed E-state index contributed by atoms with van der Waals surface area (Å²) >= 11 is 6.32. The van der Waals surface area contributed by atoms with E-state index in [1.807, 2.05) is 53.7 Å². The molecule has 1 amide bonds. The number of halogens is 1. The smallest absolute Gasteiger partial charge is 0.329 e. The van der Waals surface area contributed by atoms with Crippen LogP contribution in [-0.2, 0) is 34.1 Å². The predicted molar refractivity (Wildman–Crippen MR) is 148 cm³/mol. The van der Waals surface area contributed by atoms with E-state index >= 15 is 0 Å². The van der Waals surface area contributed by atoms with Crippen LogP contribution in [-0.4, -0.2) is 23.7 Å². The molecule has 0 saturated heterocycles. The van der Waals surface area contributed by atoms with Crippen LogP contribution < -0.4 is 4.31 Å². The number of carbonyl (C=O) groups excluding carboxylic acids is 1. The Morgan fingerprint density at radius 3 is 1.92 bits per heavy atom. The molecule has 0 fully saturated rings. The van der Waals surface area contributed by atoms with E-state index < -0.39 is 16.1 Å². The first-order valence-corrected chi connectivity index (χ1v) is 13.9. The molecule has 8 heteroatoms. The lowest BCUT2D eigenvalue weighted by Gasteiger charge is -2.37. The van der Waals surface area contributed by atoms with Gasteiger partial charge in [0, 0.05) is 5.02 Å². The van der Waals surface area contributed by atoms with Crippen molar-refractivity contribution in [2.24, 2.45) is 0 Å². The summed E-state index contributed by atoms with van der Waals surface area (Å²) in [6.45, 7) is 11.9. The molecule has 4 rings (SSSR count). The van der Waals surface area contributed by atoms with Crippen molar-refractivity contribution in [2.75, 3.05) is 4.31 Å². The van der Waals surface area contributed by atoms with Crippen LogP contribution in [0.5, 0.6) is 5.75 Å². The average molecular weight is 541 g/mol. The van der Waals surface area contributed by atoms with E-state index in [1.165, 1.54) is 4.31 Å². The molecule has 3 aromatic rings. The largest absolute Gasteiger partial charge is 0.507 e. The Morgan fingerprint density at radius 2 is 1.35 bits per heavy atom. The second-order valence-corrected chi connectivity index (χ2v) is 13.7. The predicted octanol–water partition coefficient (Wildman–Crippen LogP) is 6.55. The summed E-state index contributed by atoms with van der Waals surface area (Å²) < 4.78 is 30.1. The number of fused-ring (bicyclic) bond motifs is 1. The van der Waals surface area contributed by atoms with Crippen molar-refractivity contribution >= 4 is 33.4 Å². The number of phenolic OH excluding ortho intramolecular Hbond substituents is 1. The maximum Gasteiger partial charge on any atom is 0.329 e. The van der Waals surface area contributed by atoms with Gasteiger partial charge in [-0.15, -0.1) is 0 Å². The minimum atomic E-state index is -4.25. The van der Waals surface area contributed by atoms with E-state index in [1.54, 1.807) is 48.5 Å². The number of hydrogen-bond donors (Lipinski definition) is 1. The third kappa shape index (κ3) is 5.07. The second-order valence-electron chi connectivity index (χ2n) is 11.5. The van der Waals surface area contributed by atoms with E-state index in [9.17, 15) is 18.3 Å². The van der Waals surface area contributed by atoms with Crippen LogP contribution in [0.1, 0.15) is 74.2 Å². The molecule has 0 aromatic heterocycles. The third-order valence-corrected chi connectivity index (χ3v) is 8.67. The fourth-order valence-electron chi connectivity index (χ4n) is 4.55. The van der Waals surface area contributed by atoms with Crippen molar-refractivity contribution in [1.29, 1.82) is 0 Å². The van der Waals surface area contributed by atoms with Gasteiger partial charge in [-0.05, 0) is 63.4 Å². The van der Waals surface area contributed by atoms with Gasteiger partial charge in [0.2, 0.25) is 0 Å². The number of para-hydroxylation sites is 1. The Morgan fingerprint density at radius 1 is 0.811 bits per heavy atom. The Hall–Kier alpha value is -3.03. The molecule has 37 heavy (non-hydrogen) atoms. The summed E-state index contributed by atoms with van der Waals surface area (Å²) in [5.74, 6) is -0.371. The van der Waals surface area contributed by atoms with Gasteiger partial charge in [-0.3, -0.25) is 4.79 Å². The van der Waals surface area contributed by atoms with E-state index in [4.69, 9.17) is 11.6 Å². The normalized spacial score (nSPS) is 15.6. The highest BCUT2D eigenvalue weighted by Crippen LogP contribution is 2.41. The summed E-state index contributed by atoms with van der Waals surface area (Å²) in [7, 11) is -4.25. The minimum absolute atomic E-state index is 0.00190. The first-order chi connectivity index (χ1) is 17.1. The fourth-order valence-corrected chi connectivity index (χ4v) is 6.31. The van der Waals surface area contributed by atoms with Crippen molar-refractivity contribution in [3.05, 3.63) is 93.5 Å². The zero-order chi connectivity index (χ0) is 27.3. The van der Waals surface area contributed by atoms with Gasteiger partial charge in [0.15, 0.2) is 0 Å². The minimum Gasteiger partial charge on any atom is -0.507 e. The molecule has 0 bridgehead atoms. The molecule has 6 nitrogen and oxygen atoms in total. The van der Waals surface area contributed by atoms with Crippen LogP contribution in [0.3, 0.4) is 0 Å². The summed E-state index contributed by atoms with van der Waals surface area (Å²) in [4.78, 5) is 13.4. The number of aromatic hydroxyl groups is 1. The topological polar surface area (TPSA) is 77.9 Å². The zero-order valence-corrected chi connectivity index (χ0v) is 23.6. The number of carbonyl (C=O) groups is 1. The van der Waals surface area contributed by atoms with Crippen LogP contribution in [0, 0.1) is 0 Å². The quantitative estimate of drug-likeness (QED) is 0.407. The van der Waals surface area contributed by atoms with Crippen LogP contribution >= 0.6 is 11.6 Å². The standard InChI is InChI=1S/C29H33ClN2O4S/c1-28(2,3)22-15-19(16-23(26(22)33)29(4,5)6)17-31-25-14-10-8-12-21(25)27(34)32(37(31,35)36)18-20-11-7-9-13-24(20)30/h7-16,33H,17-18H2,1-6H3. The summed E-state index contributed by atoms with van der Waals surface area (Å²) in [6, 6.07) is 17.3. The zero-order valence-electron chi connectivity index (χ0n) is 22.0. The molecule has 1 aliphatic rings. The highest BCUT2D eigenvalue weighted by Gasteiger charge is 2.42. The fraction of sp³-hybridized carbons (Fsp3) is 0.345. The van der Waals surface area contributed by atoms with Crippen LogP contribution in [0.4, 0.5) is 5.69 Å². The molecule has 0 saturated carbocycles. The van der Waals surface area contributed by atoms with Gasteiger partial charge in [0.25, 0.3) is 5.91 Å². The lowest BCUT2D eigenvalue weighted by Crippen LogP contribution is -2.50. The molecule has 1 N–H and O–H groups in total. The number of benzene rings is 3. The SMILES string of the molecule is CC(C)(C)c1cc(CN2c3ccccc3C(=O)N(Cc3ccccc3Cl)S2(=O)=O)cc(C(C)(C)C)c1O. The van der Waals surface area contributed by atoms with Crippen molar-refractivity contribution in [3.63, 3.8) is 0 Å². The van der Waals surface area contributed by atoms with Crippen molar-refractivity contribution in [3.8, 4) is 5.75 Å². The summed E-state index contributed by atoms with van der Waals surface area (Å²) in [6.07, 6.45) is 0. The summed E-state index contributed by atoms with van der Waals surface area (Å²) in [5, 5.41) is 11.5. The van der Waals surface area contributed by atoms with E-state index in [0.717, 1.165) is 21.0 Å². The van der Waals surface area contributed by atoms with Crippen molar-refractivity contribution in [2.45, 2.75) is 65.5 Å². The molecule has 1 heterocycles. The van der Waals surface area contributed by atoms with Crippen molar-refractivity contribution in [1.82, 2.24) is 4.31 Å². The number of amides is 1. The van der Waals surface area contributed by atoms with E-state index in [-0.39, 0.29) is 29.7 Å². The number of rotatable bonds is 4. The van der Waals surface area contributed by atoms with Crippen LogP contribution in [0.15, 0.2) is 60.7 Å². The number of hydrogen-bond acceptors (Lipinski definition) is 4. The number of nitrogens with zero attached hydrogens (tertiary/aromatic N) is 2. The highest BCUT2D eigenvalue weighted by molar-refractivity contribution is 7.91. The van der Waals surface area contributed by atoms with Gasteiger partial charge < -0.3 is 5.11 Å². The van der Waals surface area contributed by atoms with Gasteiger partial charge in [-0.2, -0.15) is 8.42 Å². The first-order valence-electron chi connectivity index (χ1n) is 12.2. The maximum absolute atomic E-state index is 14.0. The molecule has 0 aliphatic carbocycles. The molecule has 3 aromatic carbocycles. The van der Waals surface area contributed by atoms with Gasteiger partial charge in [-0.25, -0.2) is 8.61 Å². The molecule has 0 spiro atoms. The molecular formula is C29H33ClN2O4S. The highest BCUT2D eigenvalue weighted by atomic mass is 35.5. The molecule has 0 atom stereocenters. The monoisotopic (exact) mass is 540 g/mol. The maximum atomic E-state index is 14.0. The third-order valence-electron chi connectivity index (χ3n) is 6.57. The van der Waals surface area contributed by atoms with Gasteiger partial charge in [0.05, 0.1) is 24.3 Å². The number of phenols is 1. The Labute approximate surface area is 224 Å². The average Bonchev–Trinajstić information content (AvgIpc) is 2.80. The molecule has 0 unspecified atom stereocenters. The second kappa shape index (κ2) is 9.37. The van der Waals surface area contributed by atoms with Gasteiger partial charge in [0.1, 0.15) is 5.75 Å². The van der Waals surface area contributed by atoms with Gasteiger partial charge in [-0.1, -0.05) is 83.5 Å².